The predicted molar refractivity (Wildman–Crippen MR) is 167 cm³/mol. The summed E-state index contributed by atoms with van der Waals surface area (Å²) < 4.78 is 6.31. The lowest BCUT2D eigenvalue weighted by molar-refractivity contribution is -0.131. The molecule has 0 saturated heterocycles. The molecule has 0 radical (unpaired) electrons. The number of aryl methyl sites for hydroxylation is 1. The Bertz CT molecular complexity index is 1690. The van der Waals surface area contributed by atoms with Crippen LogP contribution in [0.3, 0.4) is 0 Å². The number of rotatable bonds is 10. The van der Waals surface area contributed by atoms with E-state index in [0.717, 1.165) is 27.9 Å². The fraction of sp³-hybridized carbons (Fsp3) is 0.182. The number of hydrogen-bond acceptors (Lipinski definition) is 6. The summed E-state index contributed by atoms with van der Waals surface area (Å²) in [4.78, 5) is 33.3. The molecule has 1 atom stereocenters. The molecular formula is C33H31BrN4O3. The van der Waals surface area contributed by atoms with E-state index in [1.165, 1.54) is 0 Å². The van der Waals surface area contributed by atoms with E-state index < -0.39 is 11.7 Å². The van der Waals surface area contributed by atoms with Crippen LogP contribution < -0.4 is 16.3 Å². The lowest BCUT2D eigenvalue weighted by atomic mass is 10.0. The highest BCUT2D eigenvalue weighted by Gasteiger charge is 2.25. The Hall–Kier alpha value is -4.43. The van der Waals surface area contributed by atoms with Crippen molar-refractivity contribution in [3.05, 3.63) is 134 Å². The zero-order chi connectivity index (χ0) is 28.8. The molecular weight excluding hydrogens is 580 g/mol. The molecule has 7 nitrogen and oxygen atoms in total. The number of carbonyl (C=O) groups is 1. The predicted octanol–water partition coefficient (Wildman–Crippen LogP) is 6.55. The third-order valence-corrected chi connectivity index (χ3v) is 7.57. The molecule has 4 aromatic carbocycles. The first kappa shape index (κ1) is 28.1. The molecule has 0 aliphatic rings. The van der Waals surface area contributed by atoms with Crippen LogP contribution in [-0.4, -0.2) is 28.9 Å². The number of aromatic nitrogens is 1. The zero-order valence-corrected chi connectivity index (χ0v) is 24.5. The fourth-order valence-corrected chi connectivity index (χ4v) is 5.31. The van der Waals surface area contributed by atoms with Crippen molar-refractivity contribution in [2.75, 3.05) is 17.7 Å². The Morgan fingerprint density at radius 3 is 2.15 bits per heavy atom. The quantitative estimate of drug-likeness (QED) is 0.186. The Balaban J connectivity index is 1.43. The number of likely N-dealkylation sites (N-methyl/N-ethyl adjacent to an activating group) is 1. The van der Waals surface area contributed by atoms with E-state index in [4.69, 9.17) is 4.42 Å². The highest BCUT2D eigenvalue weighted by atomic mass is 79.9. The van der Waals surface area contributed by atoms with Gasteiger partial charge in [0.1, 0.15) is 6.04 Å². The summed E-state index contributed by atoms with van der Waals surface area (Å²) in [6.45, 7) is 2.93. The number of benzene rings is 4. The molecule has 41 heavy (non-hydrogen) atoms. The summed E-state index contributed by atoms with van der Waals surface area (Å²) in [7, 11) is 1.77. The molecule has 5 aromatic rings. The molecule has 0 aliphatic carbocycles. The molecule has 0 saturated carbocycles. The maximum atomic E-state index is 13.7. The highest BCUT2D eigenvalue weighted by molar-refractivity contribution is 9.10. The molecule has 8 heteroatoms. The first-order chi connectivity index (χ1) is 19.9. The Morgan fingerprint density at radius 1 is 0.927 bits per heavy atom. The van der Waals surface area contributed by atoms with Crippen molar-refractivity contribution >= 4 is 44.4 Å². The number of fused-ring (bicyclic) bond motifs is 1. The van der Waals surface area contributed by atoms with E-state index in [1.807, 2.05) is 104 Å². The molecule has 1 amide bonds. The van der Waals surface area contributed by atoms with E-state index in [-0.39, 0.29) is 11.9 Å². The minimum Gasteiger partial charge on any atom is -0.389 e. The van der Waals surface area contributed by atoms with Crippen molar-refractivity contribution in [1.29, 1.82) is 0 Å². The zero-order valence-electron chi connectivity index (χ0n) is 22.9. The van der Waals surface area contributed by atoms with Gasteiger partial charge in [-0.3, -0.25) is 4.79 Å². The van der Waals surface area contributed by atoms with E-state index in [9.17, 15) is 9.59 Å². The number of amides is 1. The average molecular weight is 612 g/mol. The molecule has 1 aromatic heterocycles. The Kier molecular flexibility index (Phi) is 8.79. The third-order valence-electron chi connectivity index (χ3n) is 6.96. The van der Waals surface area contributed by atoms with Gasteiger partial charge in [-0.05, 0) is 51.2 Å². The lowest BCUT2D eigenvalue weighted by Crippen LogP contribution is -2.42. The number of nitrogens with one attached hydrogen (secondary N) is 2. The molecule has 5 rings (SSSR count). The Labute approximate surface area is 247 Å². The molecule has 1 unspecified atom stereocenters. The van der Waals surface area contributed by atoms with Crippen molar-refractivity contribution in [3.8, 4) is 0 Å². The summed E-state index contributed by atoms with van der Waals surface area (Å²) in [6, 6.07) is 30.8. The van der Waals surface area contributed by atoms with Crippen LogP contribution in [0.5, 0.6) is 0 Å². The van der Waals surface area contributed by atoms with Crippen molar-refractivity contribution in [2.45, 2.75) is 32.5 Å². The summed E-state index contributed by atoms with van der Waals surface area (Å²) >= 11 is 3.60. The summed E-state index contributed by atoms with van der Waals surface area (Å²) in [6.07, 6.45) is 0.394. The maximum Gasteiger partial charge on any atom is 0.348 e. The largest absolute Gasteiger partial charge is 0.389 e. The van der Waals surface area contributed by atoms with Gasteiger partial charge in [-0.25, -0.2) is 4.79 Å². The van der Waals surface area contributed by atoms with Gasteiger partial charge in [0, 0.05) is 36.7 Å². The third kappa shape index (κ3) is 6.84. The van der Waals surface area contributed by atoms with E-state index in [2.05, 4.69) is 31.5 Å². The van der Waals surface area contributed by atoms with Gasteiger partial charge in [0.05, 0.1) is 10.9 Å². The Morgan fingerprint density at radius 2 is 1.51 bits per heavy atom. The van der Waals surface area contributed by atoms with Gasteiger partial charge in [0.25, 0.3) is 6.01 Å². The van der Waals surface area contributed by atoms with Gasteiger partial charge < -0.3 is 20.0 Å². The van der Waals surface area contributed by atoms with Gasteiger partial charge in [-0.2, -0.15) is 4.98 Å². The van der Waals surface area contributed by atoms with Gasteiger partial charge in [0.15, 0.2) is 0 Å². The standard InChI is InChI=1S/C33H31BrN4O3/c1-22-27(35-20-24-14-8-4-9-15-24)19-26(34)30-29(22)32(40)41-33(37-30)36-28(18-23-12-6-3-7-13-23)31(39)38(2)21-25-16-10-5-11-17-25/h3-17,19,28,35H,18,20-21H2,1-2H3,(H,36,37). The second kappa shape index (κ2) is 12.8. The first-order valence-electron chi connectivity index (χ1n) is 13.4. The number of anilines is 2. The molecule has 0 aliphatic heterocycles. The molecule has 0 spiro atoms. The second-order valence-corrected chi connectivity index (χ2v) is 10.8. The summed E-state index contributed by atoms with van der Waals surface area (Å²) in [5.74, 6) is -0.141. The van der Waals surface area contributed by atoms with Crippen molar-refractivity contribution in [1.82, 2.24) is 9.88 Å². The molecule has 2 N–H and O–H groups in total. The highest BCUT2D eigenvalue weighted by Crippen LogP contribution is 2.31. The van der Waals surface area contributed by atoms with E-state index >= 15 is 0 Å². The van der Waals surface area contributed by atoms with Gasteiger partial charge in [0.2, 0.25) is 5.91 Å². The van der Waals surface area contributed by atoms with Gasteiger partial charge >= 0.3 is 5.63 Å². The smallest absolute Gasteiger partial charge is 0.348 e. The van der Waals surface area contributed by atoms with Gasteiger partial charge in [-0.1, -0.05) is 91.0 Å². The van der Waals surface area contributed by atoms with Crippen molar-refractivity contribution in [2.24, 2.45) is 0 Å². The molecule has 0 fully saturated rings. The van der Waals surface area contributed by atoms with Crippen LogP contribution in [0, 0.1) is 6.92 Å². The number of halogens is 1. The summed E-state index contributed by atoms with van der Waals surface area (Å²) in [5, 5.41) is 6.92. The van der Waals surface area contributed by atoms with E-state index in [1.54, 1.807) is 11.9 Å². The molecule has 0 bridgehead atoms. The summed E-state index contributed by atoms with van der Waals surface area (Å²) in [5.41, 5.74) is 4.61. The van der Waals surface area contributed by atoms with Crippen molar-refractivity contribution in [3.63, 3.8) is 0 Å². The maximum absolute atomic E-state index is 13.7. The molecule has 208 valence electrons. The van der Waals surface area contributed by atoms with Crippen LogP contribution >= 0.6 is 15.9 Å². The van der Waals surface area contributed by atoms with Crippen LogP contribution in [0.1, 0.15) is 22.3 Å². The van der Waals surface area contributed by atoms with Crippen LogP contribution in [0.15, 0.2) is 111 Å². The van der Waals surface area contributed by atoms with Crippen LogP contribution in [0.2, 0.25) is 0 Å². The average Bonchev–Trinajstić information content (AvgIpc) is 2.99. The second-order valence-electron chi connectivity index (χ2n) is 9.97. The SMILES string of the molecule is Cc1c(NCc2ccccc2)cc(Br)c2nc(NC(Cc3ccccc3)C(=O)N(C)Cc3ccccc3)oc(=O)c12. The monoisotopic (exact) mass is 610 g/mol. The van der Waals surface area contributed by atoms with Crippen LogP contribution in [0.25, 0.3) is 10.9 Å². The topological polar surface area (TPSA) is 87.5 Å². The molecule has 1 heterocycles. The van der Waals surface area contributed by atoms with Crippen LogP contribution in [-0.2, 0) is 24.3 Å². The lowest BCUT2D eigenvalue weighted by Gasteiger charge is -2.25. The van der Waals surface area contributed by atoms with E-state index in [0.29, 0.717) is 34.9 Å². The number of nitrogens with zero attached hydrogens (tertiary/aromatic N) is 2. The van der Waals surface area contributed by atoms with Crippen molar-refractivity contribution < 1.29 is 9.21 Å². The first-order valence-corrected chi connectivity index (χ1v) is 14.2. The van der Waals surface area contributed by atoms with Gasteiger partial charge in [-0.15, -0.1) is 0 Å². The fourth-order valence-electron chi connectivity index (χ4n) is 4.80. The minimum atomic E-state index is -0.703. The minimum absolute atomic E-state index is 0.00464. The normalized spacial score (nSPS) is 11.7. The number of carbonyl (C=O) groups excluding carboxylic acids is 1. The van der Waals surface area contributed by atoms with Crippen LogP contribution in [0.4, 0.5) is 11.7 Å². The number of hydrogen-bond donors (Lipinski definition) is 2.